The number of nitro groups is 1. The van der Waals surface area contributed by atoms with Crippen LogP contribution in [0.2, 0.25) is 0 Å². The first-order valence-corrected chi connectivity index (χ1v) is 7.99. The predicted octanol–water partition coefficient (Wildman–Crippen LogP) is 4.03. The third-order valence-electron chi connectivity index (χ3n) is 4.75. The molecule has 146 valence electrons. The maximum Gasteiger partial charge on any atom is 0.421 e. The Bertz CT molecular complexity index is 1010. The summed E-state index contributed by atoms with van der Waals surface area (Å²) < 4.78 is 32.8. The first-order valence-electron chi connectivity index (χ1n) is 7.99. The monoisotopic (exact) mass is 392 g/mol. The van der Waals surface area contributed by atoms with Crippen LogP contribution >= 0.6 is 0 Å². The van der Waals surface area contributed by atoms with Crippen molar-refractivity contribution in [3.05, 3.63) is 75.3 Å². The number of hydrogen-bond acceptors (Lipinski definition) is 5. The fourth-order valence-electron chi connectivity index (χ4n) is 3.70. The number of carbonyl (C=O) groups excluding carboxylic acids is 1. The molecule has 1 N–H and O–H groups in total. The van der Waals surface area contributed by atoms with Gasteiger partial charge in [-0.3, -0.25) is 10.1 Å². The SMILES string of the molecule is CC1(C)OC(=O)N(C(=O)O)C1(c1ccc(F)c(F)c1)c1ccccc1[N+](=O)[O-]. The van der Waals surface area contributed by atoms with Crippen molar-refractivity contribution in [2.24, 2.45) is 0 Å². The van der Waals surface area contributed by atoms with E-state index in [0.717, 1.165) is 18.2 Å². The van der Waals surface area contributed by atoms with E-state index in [-0.39, 0.29) is 16.0 Å². The molecule has 1 fully saturated rings. The molecule has 0 saturated carbocycles. The van der Waals surface area contributed by atoms with Crippen LogP contribution in [0.1, 0.15) is 25.0 Å². The number of benzene rings is 2. The topological polar surface area (TPSA) is 110 Å². The average molecular weight is 392 g/mol. The lowest BCUT2D eigenvalue weighted by Crippen LogP contribution is -2.56. The number of rotatable bonds is 3. The zero-order valence-electron chi connectivity index (χ0n) is 14.7. The summed E-state index contributed by atoms with van der Waals surface area (Å²) in [5.74, 6) is -2.51. The van der Waals surface area contributed by atoms with E-state index in [0.29, 0.717) is 6.07 Å². The Labute approximate surface area is 157 Å². The second-order valence-corrected chi connectivity index (χ2v) is 6.61. The van der Waals surface area contributed by atoms with Crippen LogP contribution in [0, 0.1) is 21.7 Å². The van der Waals surface area contributed by atoms with Gasteiger partial charge in [0, 0.05) is 6.07 Å². The number of nitro benzene ring substituents is 1. The summed E-state index contributed by atoms with van der Waals surface area (Å²) in [5.41, 5.74) is -4.76. The molecule has 0 radical (unpaired) electrons. The lowest BCUT2D eigenvalue weighted by atomic mass is 9.70. The molecular weight excluding hydrogens is 378 g/mol. The Kier molecular flexibility index (Phi) is 4.29. The van der Waals surface area contributed by atoms with Gasteiger partial charge in [0.05, 0.1) is 10.5 Å². The highest BCUT2D eigenvalue weighted by Gasteiger charge is 2.67. The first-order chi connectivity index (χ1) is 13.0. The highest BCUT2D eigenvalue weighted by Crippen LogP contribution is 2.53. The Morgan fingerprint density at radius 1 is 1.18 bits per heavy atom. The summed E-state index contributed by atoms with van der Waals surface area (Å²) in [6.07, 6.45) is -3.06. The van der Waals surface area contributed by atoms with Crippen LogP contribution in [-0.4, -0.2) is 32.7 Å². The molecule has 28 heavy (non-hydrogen) atoms. The van der Waals surface area contributed by atoms with Gasteiger partial charge in [-0.2, -0.15) is 4.90 Å². The number of hydrogen-bond donors (Lipinski definition) is 1. The summed E-state index contributed by atoms with van der Waals surface area (Å²) in [7, 11) is 0. The molecule has 1 aliphatic heterocycles. The quantitative estimate of drug-likeness (QED) is 0.624. The van der Waals surface area contributed by atoms with Crippen molar-refractivity contribution in [2.45, 2.75) is 25.0 Å². The van der Waals surface area contributed by atoms with Gasteiger partial charge in [-0.1, -0.05) is 18.2 Å². The Hall–Kier alpha value is -3.56. The van der Waals surface area contributed by atoms with Crippen LogP contribution in [-0.2, 0) is 10.3 Å². The fourth-order valence-corrected chi connectivity index (χ4v) is 3.70. The van der Waals surface area contributed by atoms with E-state index >= 15 is 0 Å². The molecule has 0 spiro atoms. The first kappa shape index (κ1) is 19.2. The number of halogens is 2. The molecule has 1 unspecified atom stereocenters. The van der Waals surface area contributed by atoms with Crippen LogP contribution in [0.3, 0.4) is 0 Å². The smallest absolute Gasteiger partial charge is 0.421 e. The van der Waals surface area contributed by atoms with Crippen molar-refractivity contribution in [3.8, 4) is 0 Å². The van der Waals surface area contributed by atoms with Crippen molar-refractivity contribution in [1.29, 1.82) is 0 Å². The van der Waals surface area contributed by atoms with Crippen LogP contribution in [0.4, 0.5) is 24.1 Å². The summed E-state index contributed by atoms with van der Waals surface area (Å²) >= 11 is 0. The summed E-state index contributed by atoms with van der Waals surface area (Å²) in [6, 6.07) is 7.65. The van der Waals surface area contributed by atoms with E-state index < -0.39 is 45.6 Å². The lowest BCUT2D eigenvalue weighted by molar-refractivity contribution is -0.386. The van der Waals surface area contributed by atoms with E-state index in [1.165, 1.54) is 32.0 Å². The molecule has 2 aromatic rings. The van der Waals surface area contributed by atoms with E-state index in [4.69, 9.17) is 4.74 Å². The number of cyclic esters (lactones) is 1. The molecule has 2 aromatic carbocycles. The zero-order valence-corrected chi connectivity index (χ0v) is 14.7. The standard InChI is InChI=1S/C18H14F2N2O6/c1-17(2)18(21(15(23)24)16(25)28-17,10-7-8-12(19)13(20)9-10)11-5-3-4-6-14(11)22(26)27/h3-9H,1-2H3,(H,23,24). The number of carboxylic acid groups (broad SMARTS) is 1. The minimum Gasteiger partial charge on any atom is -0.464 e. The van der Waals surface area contributed by atoms with Gasteiger partial charge in [0.25, 0.3) is 5.69 Å². The zero-order chi connectivity index (χ0) is 20.9. The van der Waals surface area contributed by atoms with Crippen molar-refractivity contribution in [2.75, 3.05) is 0 Å². The molecule has 0 bridgehead atoms. The number of carbonyl (C=O) groups is 2. The average Bonchev–Trinajstić information content (AvgIpc) is 2.82. The molecular formula is C18H14F2N2O6. The van der Waals surface area contributed by atoms with Crippen molar-refractivity contribution >= 4 is 17.9 Å². The van der Waals surface area contributed by atoms with E-state index in [1.807, 2.05) is 0 Å². The highest BCUT2D eigenvalue weighted by atomic mass is 19.2. The molecule has 10 heteroatoms. The third-order valence-corrected chi connectivity index (χ3v) is 4.75. The van der Waals surface area contributed by atoms with E-state index in [2.05, 4.69) is 0 Å². The Balaban J connectivity index is 2.51. The molecule has 1 heterocycles. The van der Waals surface area contributed by atoms with Crippen molar-refractivity contribution in [1.82, 2.24) is 4.90 Å². The number of amides is 2. The predicted molar refractivity (Wildman–Crippen MR) is 90.7 cm³/mol. The lowest BCUT2D eigenvalue weighted by Gasteiger charge is -2.41. The molecule has 3 rings (SSSR count). The van der Waals surface area contributed by atoms with Gasteiger partial charge in [0.1, 0.15) is 5.60 Å². The summed E-state index contributed by atoms with van der Waals surface area (Å²) in [4.78, 5) is 35.5. The largest absolute Gasteiger partial charge is 0.464 e. The summed E-state index contributed by atoms with van der Waals surface area (Å²) in [6.45, 7) is 2.68. The maximum atomic E-state index is 14.1. The second-order valence-electron chi connectivity index (χ2n) is 6.61. The molecule has 1 aliphatic rings. The second kappa shape index (κ2) is 6.25. The fraction of sp³-hybridized carbons (Fsp3) is 0.222. The molecule has 2 amide bonds. The van der Waals surface area contributed by atoms with Crippen LogP contribution in [0.25, 0.3) is 0 Å². The van der Waals surface area contributed by atoms with Gasteiger partial charge in [-0.15, -0.1) is 0 Å². The van der Waals surface area contributed by atoms with Gasteiger partial charge >= 0.3 is 12.2 Å². The minimum atomic E-state index is -2.14. The van der Waals surface area contributed by atoms with Gasteiger partial charge in [0.15, 0.2) is 17.2 Å². The van der Waals surface area contributed by atoms with E-state index in [9.17, 15) is 33.6 Å². The number of nitrogens with zero attached hydrogens (tertiary/aromatic N) is 2. The number of para-hydroxylation sites is 1. The number of ether oxygens (including phenoxy) is 1. The highest BCUT2D eigenvalue weighted by molar-refractivity contribution is 5.92. The molecule has 0 aromatic heterocycles. The van der Waals surface area contributed by atoms with Gasteiger partial charge in [0.2, 0.25) is 0 Å². The van der Waals surface area contributed by atoms with Crippen LogP contribution < -0.4 is 0 Å². The minimum absolute atomic E-state index is 0.195. The molecule has 8 nitrogen and oxygen atoms in total. The van der Waals surface area contributed by atoms with Crippen LogP contribution in [0.5, 0.6) is 0 Å². The van der Waals surface area contributed by atoms with Gasteiger partial charge < -0.3 is 9.84 Å². The molecule has 1 atom stereocenters. The van der Waals surface area contributed by atoms with Gasteiger partial charge in [-0.05, 0) is 37.6 Å². The van der Waals surface area contributed by atoms with Crippen LogP contribution in [0.15, 0.2) is 42.5 Å². The maximum absolute atomic E-state index is 14.1. The van der Waals surface area contributed by atoms with Crippen molar-refractivity contribution < 1.29 is 33.1 Å². The van der Waals surface area contributed by atoms with Crippen molar-refractivity contribution in [3.63, 3.8) is 0 Å². The number of imide groups is 1. The Morgan fingerprint density at radius 3 is 2.39 bits per heavy atom. The third kappa shape index (κ3) is 2.48. The molecule has 1 saturated heterocycles. The molecule has 0 aliphatic carbocycles. The van der Waals surface area contributed by atoms with E-state index in [1.54, 1.807) is 0 Å². The van der Waals surface area contributed by atoms with Gasteiger partial charge in [-0.25, -0.2) is 18.4 Å². The normalized spacial score (nSPS) is 20.7. The Morgan fingerprint density at radius 2 is 1.82 bits per heavy atom. The summed E-state index contributed by atoms with van der Waals surface area (Å²) in [5, 5.41) is 21.3.